The van der Waals surface area contributed by atoms with Gasteiger partial charge >= 0.3 is 0 Å². The van der Waals surface area contributed by atoms with Crippen molar-refractivity contribution in [3.05, 3.63) is 0 Å². The highest BCUT2D eigenvalue weighted by Crippen LogP contribution is 2.16. The van der Waals surface area contributed by atoms with Gasteiger partial charge in [-0.15, -0.1) is 0 Å². The van der Waals surface area contributed by atoms with Gasteiger partial charge in [-0.25, -0.2) is 0 Å². The third-order valence-corrected chi connectivity index (χ3v) is 3.96. The molecule has 0 aromatic heterocycles. The lowest BCUT2D eigenvalue weighted by molar-refractivity contribution is 0.165. The number of nitrogens with one attached hydrogen (secondary N) is 1. The summed E-state index contributed by atoms with van der Waals surface area (Å²) >= 11 is 2.10. The lowest BCUT2D eigenvalue weighted by Gasteiger charge is -2.33. The smallest absolute Gasteiger partial charge is 0.0243 e. The fraction of sp³-hybridized carbons (Fsp3) is 1.00. The van der Waals surface area contributed by atoms with Crippen molar-refractivity contribution in [3.63, 3.8) is 0 Å². The minimum Gasteiger partial charge on any atom is -0.318 e. The van der Waals surface area contributed by atoms with Crippen LogP contribution < -0.4 is 5.32 Å². The zero-order chi connectivity index (χ0) is 10.4. The quantitative estimate of drug-likeness (QED) is 0.769. The van der Waals surface area contributed by atoms with Crippen LogP contribution in [0.3, 0.4) is 0 Å². The molecule has 0 radical (unpaired) electrons. The maximum atomic E-state index is 3.32. The third kappa shape index (κ3) is 3.79. The Hall–Kier alpha value is 0.270. The van der Waals surface area contributed by atoms with Crippen LogP contribution in [0.5, 0.6) is 0 Å². The molecule has 0 aromatic rings. The topological polar surface area (TPSA) is 15.3 Å². The zero-order valence-corrected chi connectivity index (χ0v) is 10.6. The van der Waals surface area contributed by atoms with Crippen LogP contribution in [0.2, 0.25) is 0 Å². The Morgan fingerprint density at radius 2 is 2.07 bits per heavy atom. The number of likely N-dealkylation sites (N-methyl/N-ethyl adjacent to an activating group) is 1. The van der Waals surface area contributed by atoms with Gasteiger partial charge in [0.15, 0.2) is 0 Å². The molecule has 0 aromatic carbocycles. The molecule has 0 bridgehead atoms. The van der Waals surface area contributed by atoms with Gasteiger partial charge in [0, 0.05) is 24.9 Å². The summed E-state index contributed by atoms with van der Waals surface area (Å²) in [6, 6.07) is 0.721. The van der Waals surface area contributed by atoms with Gasteiger partial charge in [-0.05, 0) is 31.7 Å². The van der Waals surface area contributed by atoms with Crippen LogP contribution in [0.4, 0.5) is 0 Å². The Kier molecular flexibility index (Phi) is 5.90. The van der Waals surface area contributed by atoms with E-state index >= 15 is 0 Å². The molecule has 1 aliphatic rings. The van der Waals surface area contributed by atoms with Crippen LogP contribution in [0.25, 0.3) is 0 Å². The molecular weight excluding hydrogens is 192 g/mol. The van der Waals surface area contributed by atoms with E-state index in [0.717, 1.165) is 18.5 Å². The molecule has 1 atom stereocenters. The summed E-state index contributed by atoms with van der Waals surface area (Å²) in [5, 5.41) is 3.32. The molecule has 1 fully saturated rings. The zero-order valence-electron chi connectivity index (χ0n) is 9.75. The molecule has 84 valence electrons. The second-order valence-corrected chi connectivity index (χ2v) is 5.60. The maximum Gasteiger partial charge on any atom is 0.0243 e. The Morgan fingerprint density at radius 1 is 1.29 bits per heavy atom. The van der Waals surface area contributed by atoms with E-state index in [1.165, 1.54) is 31.0 Å². The number of rotatable bonds is 4. The predicted octanol–water partition coefficient (Wildman–Crippen LogP) is 1.67. The number of thioether (sulfide) groups is 1. The maximum absolute atomic E-state index is 3.32. The standard InChI is InChI=1S/C11H24N2S/c1-10(2)11(9-12-3)13-5-4-7-14-8-6-13/h10-12H,4-9H2,1-3H3. The average molecular weight is 216 g/mol. The molecule has 1 aliphatic heterocycles. The highest BCUT2D eigenvalue weighted by Gasteiger charge is 2.21. The van der Waals surface area contributed by atoms with Crippen LogP contribution in [0.15, 0.2) is 0 Å². The second-order valence-electron chi connectivity index (χ2n) is 4.37. The average Bonchev–Trinajstić information content (AvgIpc) is 2.41. The highest BCUT2D eigenvalue weighted by atomic mass is 32.2. The first-order chi connectivity index (χ1) is 6.75. The molecule has 0 amide bonds. The summed E-state index contributed by atoms with van der Waals surface area (Å²) < 4.78 is 0. The largest absolute Gasteiger partial charge is 0.318 e. The molecule has 1 N–H and O–H groups in total. The minimum absolute atomic E-state index is 0.721. The summed E-state index contributed by atoms with van der Waals surface area (Å²) in [6.45, 7) is 8.36. The number of nitrogens with zero attached hydrogens (tertiary/aromatic N) is 1. The van der Waals surface area contributed by atoms with Gasteiger partial charge in [-0.2, -0.15) is 11.8 Å². The van der Waals surface area contributed by atoms with Crippen molar-refractivity contribution in [3.8, 4) is 0 Å². The first-order valence-corrected chi connectivity index (χ1v) is 6.87. The highest BCUT2D eigenvalue weighted by molar-refractivity contribution is 7.99. The van der Waals surface area contributed by atoms with Crippen molar-refractivity contribution in [1.82, 2.24) is 10.2 Å². The van der Waals surface area contributed by atoms with Crippen molar-refractivity contribution in [1.29, 1.82) is 0 Å². The molecule has 14 heavy (non-hydrogen) atoms. The van der Waals surface area contributed by atoms with Gasteiger partial charge in [0.2, 0.25) is 0 Å². The van der Waals surface area contributed by atoms with Crippen LogP contribution in [-0.2, 0) is 0 Å². The Morgan fingerprint density at radius 3 is 2.71 bits per heavy atom. The van der Waals surface area contributed by atoms with Gasteiger partial charge in [0.25, 0.3) is 0 Å². The first kappa shape index (κ1) is 12.3. The normalized spacial score (nSPS) is 22.3. The fourth-order valence-electron chi connectivity index (χ4n) is 2.09. The molecule has 3 heteroatoms. The van der Waals surface area contributed by atoms with E-state index in [9.17, 15) is 0 Å². The summed E-state index contributed by atoms with van der Waals surface area (Å²) in [4.78, 5) is 2.67. The first-order valence-electron chi connectivity index (χ1n) is 5.72. The number of hydrogen-bond acceptors (Lipinski definition) is 3. The lowest BCUT2D eigenvalue weighted by Crippen LogP contribution is -2.45. The van der Waals surface area contributed by atoms with Gasteiger partial charge in [-0.3, -0.25) is 4.90 Å². The van der Waals surface area contributed by atoms with E-state index in [1.807, 2.05) is 0 Å². The van der Waals surface area contributed by atoms with Gasteiger partial charge < -0.3 is 5.32 Å². The molecule has 1 unspecified atom stereocenters. The molecule has 1 saturated heterocycles. The van der Waals surface area contributed by atoms with Crippen molar-refractivity contribution in [2.24, 2.45) is 5.92 Å². The van der Waals surface area contributed by atoms with Crippen LogP contribution in [0.1, 0.15) is 20.3 Å². The van der Waals surface area contributed by atoms with Crippen LogP contribution >= 0.6 is 11.8 Å². The van der Waals surface area contributed by atoms with E-state index in [1.54, 1.807) is 0 Å². The predicted molar refractivity (Wildman–Crippen MR) is 66.1 cm³/mol. The summed E-state index contributed by atoms with van der Waals surface area (Å²) in [5.41, 5.74) is 0. The molecule has 1 rings (SSSR count). The summed E-state index contributed by atoms with van der Waals surface area (Å²) in [6.07, 6.45) is 1.36. The van der Waals surface area contributed by atoms with E-state index < -0.39 is 0 Å². The Bertz CT molecular complexity index is 142. The van der Waals surface area contributed by atoms with Crippen molar-refractivity contribution >= 4 is 11.8 Å². The van der Waals surface area contributed by atoms with E-state index in [-0.39, 0.29) is 0 Å². The van der Waals surface area contributed by atoms with Crippen LogP contribution in [0, 0.1) is 5.92 Å². The van der Waals surface area contributed by atoms with Crippen LogP contribution in [-0.4, -0.2) is 49.1 Å². The monoisotopic (exact) mass is 216 g/mol. The molecule has 2 nitrogen and oxygen atoms in total. The van der Waals surface area contributed by atoms with E-state index in [0.29, 0.717) is 0 Å². The third-order valence-electron chi connectivity index (χ3n) is 2.91. The van der Waals surface area contributed by atoms with Gasteiger partial charge in [0.1, 0.15) is 0 Å². The SMILES string of the molecule is CNCC(C(C)C)N1CCCSCC1. The van der Waals surface area contributed by atoms with Crippen molar-refractivity contribution in [2.45, 2.75) is 26.3 Å². The van der Waals surface area contributed by atoms with E-state index in [2.05, 4.69) is 42.9 Å². The minimum atomic E-state index is 0.721. The molecule has 0 spiro atoms. The van der Waals surface area contributed by atoms with Crippen molar-refractivity contribution < 1.29 is 0 Å². The lowest BCUT2D eigenvalue weighted by atomic mass is 10.0. The fourth-order valence-corrected chi connectivity index (χ4v) is 2.99. The van der Waals surface area contributed by atoms with Crippen molar-refractivity contribution in [2.75, 3.05) is 38.2 Å². The summed E-state index contributed by atoms with van der Waals surface area (Å²) in [7, 11) is 2.06. The molecule has 0 aliphatic carbocycles. The van der Waals surface area contributed by atoms with Gasteiger partial charge in [0.05, 0.1) is 0 Å². The Labute approximate surface area is 92.8 Å². The Balaban J connectivity index is 2.46. The summed E-state index contributed by atoms with van der Waals surface area (Å²) in [5.74, 6) is 3.42. The molecule has 0 saturated carbocycles. The van der Waals surface area contributed by atoms with Gasteiger partial charge in [-0.1, -0.05) is 13.8 Å². The second kappa shape index (κ2) is 6.70. The number of hydrogen-bond donors (Lipinski definition) is 1. The molecular formula is C11H24N2S. The molecule has 1 heterocycles. The van der Waals surface area contributed by atoms with E-state index in [4.69, 9.17) is 0 Å².